The molecule has 0 saturated carbocycles. The van der Waals surface area contributed by atoms with Crippen LogP contribution in [0, 0.1) is 0 Å². The first kappa shape index (κ1) is 14.9. The molecular weight excluding hydrogens is 268 g/mol. The molecule has 0 aliphatic heterocycles. The lowest BCUT2D eigenvalue weighted by molar-refractivity contribution is 0.554. The van der Waals surface area contributed by atoms with E-state index in [4.69, 9.17) is 5.73 Å². The van der Waals surface area contributed by atoms with Gasteiger partial charge in [0.2, 0.25) is 5.13 Å². The van der Waals surface area contributed by atoms with Crippen molar-refractivity contribution in [3.63, 3.8) is 0 Å². The van der Waals surface area contributed by atoms with Crippen molar-refractivity contribution in [3.05, 3.63) is 41.7 Å². The second kappa shape index (κ2) is 6.33. The zero-order valence-corrected chi connectivity index (χ0v) is 13.1. The summed E-state index contributed by atoms with van der Waals surface area (Å²) < 4.78 is 4.41. The molecule has 2 aromatic rings. The van der Waals surface area contributed by atoms with Gasteiger partial charge in [0.15, 0.2) is 0 Å². The Morgan fingerprint density at radius 1 is 1.25 bits per heavy atom. The summed E-state index contributed by atoms with van der Waals surface area (Å²) in [5.74, 6) is 0.875. The summed E-state index contributed by atoms with van der Waals surface area (Å²) in [6.07, 6.45) is 0.891. The smallest absolute Gasteiger partial charge is 0.202 e. The first-order valence-electron chi connectivity index (χ1n) is 6.84. The highest BCUT2D eigenvalue weighted by atomic mass is 32.1. The van der Waals surface area contributed by atoms with Crippen LogP contribution in [-0.4, -0.2) is 21.9 Å². The molecule has 3 N–H and O–H groups in total. The van der Waals surface area contributed by atoms with E-state index >= 15 is 0 Å². The van der Waals surface area contributed by atoms with Crippen molar-refractivity contribution in [3.8, 4) is 0 Å². The molecule has 0 aliphatic carbocycles. The van der Waals surface area contributed by atoms with Crippen LogP contribution in [0.2, 0.25) is 0 Å². The number of hydrogen-bond acceptors (Lipinski definition) is 5. The average molecular weight is 290 g/mol. The maximum absolute atomic E-state index is 5.85. The maximum atomic E-state index is 5.85. The van der Waals surface area contributed by atoms with Gasteiger partial charge in [-0.2, -0.15) is 4.37 Å². The summed E-state index contributed by atoms with van der Waals surface area (Å²) in [4.78, 5) is 4.55. The van der Waals surface area contributed by atoms with Gasteiger partial charge in [0, 0.05) is 29.5 Å². The van der Waals surface area contributed by atoms with E-state index in [9.17, 15) is 0 Å². The van der Waals surface area contributed by atoms with E-state index < -0.39 is 0 Å². The van der Waals surface area contributed by atoms with E-state index in [0.29, 0.717) is 6.54 Å². The van der Waals surface area contributed by atoms with Crippen LogP contribution in [0.5, 0.6) is 0 Å². The molecule has 0 radical (unpaired) electrons. The zero-order valence-electron chi connectivity index (χ0n) is 12.3. The zero-order chi connectivity index (χ0) is 14.6. The fourth-order valence-corrected chi connectivity index (χ4v) is 2.69. The Balaban J connectivity index is 2.01. The number of benzene rings is 1. The van der Waals surface area contributed by atoms with Gasteiger partial charge in [-0.15, -0.1) is 0 Å². The lowest BCUT2D eigenvalue weighted by Crippen LogP contribution is -2.31. The summed E-state index contributed by atoms with van der Waals surface area (Å²) in [5, 5.41) is 4.24. The quantitative estimate of drug-likeness (QED) is 0.889. The van der Waals surface area contributed by atoms with Gasteiger partial charge in [0.1, 0.15) is 5.82 Å². The Hall–Kier alpha value is -1.46. The molecule has 1 unspecified atom stereocenters. The van der Waals surface area contributed by atoms with Gasteiger partial charge >= 0.3 is 0 Å². The maximum Gasteiger partial charge on any atom is 0.202 e. The Morgan fingerprint density at radius 2 is 1.95 bits per heavy atom. The van der Waals surface area contributed by atoms with Gasteiger partial charge in [-0.05, 0) is 12.0 Å². The lowest BCUT2D eigenvalue weighted by atomic mass is 9.96. The highest BCUT2D eigenvalue weighted by molar-refractivity contribution is 7.09. The topological polar surface area (TPSA) is 63.8 Å². The largest absolute Gasteiger partial charge is 0.356 e. The van der Waals surface area contributed by atoms with E-state index in [-0.39, 0.29) is 11.5 Å². The summed E-state index contributed by atoms with van der Waals surface area (Å²) in [5.41, 5.74) is 7.11. The minimum Gasteiger partial charge on any atom is -0.356 e. The van der Waals surface area contributed by atoms with Crippen LogP contribution in [0.3, 0.4) is 0 Å². The molecule has 1 heterocycles. The van der Waals surface area contributed by atoms with Crippen molar-refractivity contribution >= 4 is 16.7 Å². The molecule has 2 rings (SSSR count). The highest BCUT2D eigenvalue weighted by Gasteiger charge is 2.20. The van der Waals surface area contributed by atoms with E-state index in [1.807, 2.05) is 18.2 Å². The van der Waals surface area contributed by atoms with E-state index in [0.717, 1.165) is 17.4 Å². The average Bonchev–Trinajstić information content (AvgIpc) is 2.87. The van der Waals surface area contributed by atoms with Crippen LogP contribution >= 0.6 is 11.5 Å². The Bertz CT molecular complexity index is 530. The molecule has 1 atom stereocenters. The van der Waals surface area contributed by atoms with E-state index in [2.05, 4.69) is 47.6 Å². The summed E-state index contributed by atoms with van der Waals surface area (Å²) in [6.45, 7) is 6.91. The molecular formula is C15H22N4S. The van der Waals surface area contributed by atoms with Crippen molar-refractivity contribution in [2.45, 2.75) is 38.6 Å². The second-order valence-electron chi connectivity index (χ2n) is 5.94. The van der Waals surface area contributed by atoms with Crippen LogP contribution in [0.25, 0.3) is 0 Å². The molecule has 0 saturated heterocycles. The lowest BCUT2D eigenvalue weighted by Gasteiger charge is -2.16. The molecule has 108 valence electrons. The highest BCUT2D eigenvalue weighted by Crippen LogP contribution is 2.23. The molecule has 0 spiro atoms. The molecule has 20 heavy (non-hydrogen) atoms. The number of rotatable bonds is 5. The molecule has 1 aromatic heterocycles. The van der Waals surface area contributed by atoms with Crippen LogP contribution < -0.4 is 11.1 Å². The molecule has 0 aliphatic rings. The third kappa shape index (κ3) is 4.02. The summed E-state index contributed by atoms with van der Waals surface area (Å²) in [7, 11) is 0. The number of nitrogens with two attached hydrogens (primary N) is 1. The van der Waals surface area contributed by atoms with Crippen molar-refractivity contribution in [2.24, 2.45) is 5.73 Å². The van der Waals surface area contributed by atoms with Crippen LogP contribution in [0.15, 0.2) is 30.3 Å². The molecule has 0 fully saturated rings. The van der Waals surface area contributed by atoms with Gasteiger partial charge < -0.3 is 11.1 Å². The van der Waals surface area contributed by atoms with Gasteiger partial charge in [0.05, 0.1) is 0 Å². The van der Waals surface area contributed by atoms with Crippen LogP contribution in [0.4, 0.5) is 5.13 Å². The van der Waals surface area contributed by atoms with Gasteiger partial charge in [-0.3, -0.25) is 0 Å². The SMILES string of the molecule is CC(C)(C)c1nsc(NC(CN)Cc2ccccc2)n1. The first-order chi connectivity index (χ1) is 9.49. The van der Waals surface area contributed by atoms with Gasteiger partial charge in [-0.1, -0.05) is 51.1 Å². The third-order valence-electron chi connectivity index (χ3n) is 3.03. The van der Waals surface area contributed by atoms with Gasteiger partial charge in [-0.25, -0.2) is 4.98 Å². The number of nitrogens with one attached hydrogen (secondary N) is 1. The van der Waals surface area contributed by atoms with Gasteiger partial charge in [0.25, 0.3) is 0 Å². The Morgan fingerprint density at radius 3 is 2.50 bits per heavy atom. The molecule has 1 aromatic carbocycles. The number of aromatic nitrogens is 2. The molecule has 0 amide bonds. The normalized spacial score (nSPS) is 13.2. The van der Waals surface area contributed by atoms with Crippen LogP contribution in [-0.2, 0) is 11.8 Å². The minimum absolute atomic E-state index is 0.0198. The predicted octanol–water partition coefficient (Wildman–Crippen LogP) is 2.82. The van der Waals surface area contributed by atoms with E-state index in [1.165, 1.54) is 17.1 Å². The fraction of sp³-hybridized carbons (Fsp3) is 0.467. The van der Waals surface area contributed by atoms with Crippen molar-refractivity contribution in [2.75, 3.05) is 11.9 Å². The number of nitrogens with zero attached hydrogens (tertiary/aromatic N) is 2. The fourth-order valence-electron chi connectivity index (χ4n) is 1.85. The monoisotopic (exact) mass is 290 g/mol. The van der Waals surface area contributed by atoms with Crippen molar-refractivity contribution in [1.29, 1.82) is 0 Å². The number of anilines is 1. The second-order valence-corrected chi connectivity index (χ2v) is 6.69. The van der Waals surface area contributed by atoms with Crippen molar-refractivity contribution < 1.29 is 0 Å². The molecule has 5 heteroatoms. The Kier molecular flexibility index (Phi) is 4.73. The Labute approximate surface area is 124 Å². The predicted molar refractivity (Wildman–Crippen MR) is 85.2 cm³/mol. The van der Waals surface area contributed by atoms with Crippen molar-refractivity contribution in [1.82, 2.24) is 9.36 Å². The minimum atomic E-state index is -0.0198. The van der Waals surface area contributed by atoms with E-state index in [1.54, 1.807) is 0 Å². The standard InChI is InChI=1S/C15H22N4S/c1-15(2,3)13-18-14(20-19-13)17-12(10-16)9-11-7-5-4-6-8-11/h4-8,12H,9-10,16H2,1-3H3,(H,17,18,19). The third-order valence-corrected chi connectivity index (χ3v) is 3.68. The summed E-state index contributed by atoms with van der Waals surface area (Å²) >= 11 is 1.40. The number of hydrogen-bond donors (Lipinski definition) is 2. The first-order valence-corrected chi connectivity index (χ1v) is 7.61. The van der Waals surface area contributed by atoms with Crippen LogP contribution in [0.1, 0.15) is 32.2 Å². The molecule has 0 bridgehead atoms. The summed E-state index contributed by atoms with van der Waals surface area (Å²) in [6, 6.07) is 10.5. The molecule has 4 nitrogen and oxygen atoms in total.